The van der Waals surface area contributed by atoms with Gasteiger partial charge in [-0.25, -0.2) is 4.98 Å². The molecule has 2 heterocycles. The molecule has 0 amide bonds. The number of thiazole rings is 1. The summed E-state index contributed by atoms with van der Waals surface area (Å²) in [7, 11) is 1.66. The minimum absolute atomic E-state index is 0.792. The van der Waals surface area contributed by atoms with Gasteiger partial charge in [0.2, 0.25) is 0 Å². The summed E-state index contributed by atoms with van der Waals surface area (Å²) in [4.78, 5) is 9.91. The number of benzene rings is 1. The molecule has 0 bridgehead atoms. The van der Waals surface area contributed by atoms with Gasteiger partial charge in [0.1, 0.15) is 5.75 Å². The molecule has 0 aliphatic heterocycles. The smallest absolute Gasteiger partial charge is 0.135 e. The van der Waals surface area contributed by atoms with Gasteiger partial charge in [-0.3, -0.25) is 4.98 Å². The summed E-state index contributed by atoms with van der Waals surface area (Å²) in [6.45, 7) is 2.09. The van der Waals surface area contributed by atoms with Gasteiger partial charge in [0.15, 0.2) is 0 Å². The largest absolute Gasteiger partial charge is 0.495 e. The minimum Gasteiger partial charge on any atom is -0.495 e. The van der Waals surface area contributed by atoms with E-state index >= 15 is 0 Å². The van der Waals surface area contributed by atoms with Crippen LogP contribution in [0.2, 0.25) is 0 Å². The summed E-state index contributed by atoms with van der Waals surface area (Å²) in [5.41, 5.74) is 4.87. The predicted octanol–water partition coefficient (Wildman–Crippen LogP) is 4.44. The summed E-state index contributed by atoms with van der Waals surface area (Å²) in [6.07, 6.45) is 1.84. The van der Waals surface area contributed by atoms with Crippen LogP contribution in [0, 0.1) is 6.92 Å². The lowest BCUT2D eigenvalue weighted by atomic mass is 10.1. The van der Waals surface area contributed by atoms with E-state index < -0.39 is 0 Å². The Kier molecular flexibility index (Phi) is 3.24. The van der Waals surface area contributed by atoms with Crippen LogP contribution in [0.4, 0.5) is 0 Å². The first-order valence-corrected chi connectivity index (χ1v) is 7.40. The fourth-order valence-corrected chi connectivity index (χ4v) is 3.21. The Hall–Kier alpha value is -1.46. The number of rotatable bonds is 2. The van der Waals surface area contributed by atoms with E-state index in [-0.39, 0.29) is 0 Å². The molecule has 96 valence electrons. The Morgan fingerprint density at radius 3 is 2.84 bits per heavy atom. The highest BCUT2D eigenvalue weighted by atomic mass is 79.9. The molecule has 0 saturated carbocycles. The first kappa shape index (κ1) is 12.6. The van der Waals surface area contributed by atoms with Crippen LogP contribution in [0.15, 0.2) is 34.4 Å². The van der Waals surface area contributed by atoms with Crippen LogP contribution in [0.3, 0.4) is 0 Å². The van der Waals surface area contributed by atoms with Gasteiger partial charge in [-0.2, -0.15) is 0 Å². The highest BCUT2D eigenvalue weighted by Gasteiger charge is 2.11. The van der Waals surface area contributed by atoms with Crippen molar-refractivity contribution in [3.05, 3.63) is 39.9 Å². The number of ether oxygens (including phenoxy) is 1. The average Bonchev–Trinajstić information content (AvgIpc) is 2.94. The van der Waals surface area contributed by atoms with Crippen molar-refractivity contribution < 1.29 is 4.74 Å². The SMILES string of the molecule is COc1ccc2c(C)cc(-c3cncs3)nc2c1Br. The molecular weight excluding hydrogens is 324 g/mol. The van der Waals surface area contributed by atoms with Crippen LogP contribution >= 0.6 is 27.3 Å². The summed E-state index contributed by atoms with van der Waals surface area (Å²) >= 11 is 5.16. The lowest BCUT2D eigenvalue weighted by molar-refractivity contribution is 0.413. The van der Waals surface area contributed by atoms with Crippen molar-refractivity contribution in [3.8, 4) is 16.3 Å². The first-order valence-electron chi connectivity index (χ1n) is 5.73. The topological polar surface area (TPSA) is 35.0 Å². The molecule has 0 unspecified atom stereocenters. The molecule has 0 N–H and O–H groups in total. The normalized spacial score (nSPS) is 10.9. The van der Waals surface area contributed by atoms with Gasteiger partial charge in [0.25, 0.3) is 0 Å². The number of pyridine rings is 1. The molecule has 0 saturated heterocycles. The lowest BCUT2D eigenvalue weighted by Gasteiger charge is -2.09. The fraction of sp³-hybridized carbons (Fsp3) is 0.143. The van der Waals surface area contributed by atoms with E-state index in [9.17, 15) is 0 Å². The number of aryl methyl sites for hydroxylation is 1. The zero-order valence-electron chi connectivity index (χ0n) is 10.5. The van der Waals surface area contributed by atoms with Crippen LogP contribution in [0.1, 0.15) is 5.56 Å². The van der Waals surface area contributed by atoms with E-state index in [0.717, 1.165) is 31.7 Å². The van der Waals surface area contributed by atoms with E-state index in [1.807, 2.05) is 23.8 Å². The summed E-state index contributed by atoms with van der Waals surface area (Å²) in [5, 5.41) is 1.13. The first-order chi connectivity index (χ1) is 9.20. The maximum absolute atomic E-state index is 5.33. The van der Waals surface area contributed by atoms with Crippen LogP contribution in [0.5, 0.6) is 5.75 Å². The second-order valence-electron chi connectivity index (χ2n) is 4.17. The molecule has 0 radical (unpaired) electrons. The number of methoxy groups -OCH3 is 1. The third-order valence-electron chi connectivity index (χ3n) is 3.00. The molecule has 19 heavy (non-hydrogen) atoms. The van der Waals surface area contributed by atoms with Crippen molar-refractivity contribution >= 4 is 38.2 Å². The molecular formula is C14H11BrN2OS. The van der Waals surface area contributed by atoms with Crippen LogP contribution in [-0.4, -0.2) is 17.1 Å². The molecule has 2 aromatic heterocycles. The summed E-state index contributed by atoms with van der Waals surface area (Å²) in [5.74, 6) is 0.792. The van der Waals surface area contributed by atoms with Crippen molar-refractivity contribution in [1.82, 2.24) is 9.97 Å². The number of nitrogens with zero attached hydrogens (tertiary/aromatic N) is 2. The van der Waals surface area contributed by atoms with Crippen LogP contribution in [0.25, 0.3) is 21.5 Å². The number of aromatic nitrogens is 2. The van der Waals surface area contributed by atoms with Gasteiger partial charge in [-0.1, -0.05) is 0 Å². The van der Waals surface area contributed by atoms with Crippen LogP contribution < -0.4 is 4.74 Å². The third kappa shape index (κ3) is 2.13. The molecule has 0 aliphatic carbocycles. The van der Waals surface area contributed by atoms with Gasteiger partial charge < -0.3 is 4.74 Å². The molecule has 3 nitrogen and oxygen atoms in total. The minimum atomic E-state index is 0.792. The van der Waals surface area contributed by atoms with E-state index in [0.29, 0.717) is 0 Å². The number of hydrogen-bond acceptors (Lipinski definition) is 4. The number of halogens is 1. The molecule has 0 atom stereocenters. The lowest BCUT2D eigenvalue weighted by Crippen LogP contribution is -1.91. The van der Waals surface area contributed by atoms with Gasteiger partial charge in [-0.15, -0.1) is 11.3 Å². The molecule has 1 aromatic carbocycles. The zero-order valence-corrected chi connectivity index (χ0v) is 12.9. The average molecular weight is 335 g/mol. The van der Waals surface area contributed by atoms with Crippen molar-refractivity contribution in [2.45, 2.75) is 6.92 Å². The van der Waals surface area contributed by atoms with Crippen LogP contribution in [-0.2, 0) is 0 Å². The fourth-order valence-electron chi connectivity index (χ4n) is 2.04. The van der Waals surface area contributed by atoms with E-state index in [2.05, 4.69) is 33.9 Å². The van der Waals surface area contributed by atoms with Crippen molar-refractivity contribution in [2.75, 3.05) is 7.11 Å². The summed E-state index contributed by atoms with van der Waals surface area (Å²) in [6, 6.07) is 6.08. The maximum Gasteiger partial charge on any atom is 0.135 e. The van der Waals surface area contributed by atoms with E-state index in [1.165, 1.54) is 5.56 Å². The maximum atomic E-state index is 5.33. The molecule has 0 spiro atoms. The highest BCUT2D eigenvalue weighted by molar-refractivity contribution is 9.10. The number of fused-ring (bicyclic) bond motifs is 1. The van der Waals surface area contributed by atoms with Gasteiger partial charge in [-0.05, 0) is 46.6 Å². The Morgan fingerprint density at radius 1 is 1.32 bits per heavy atom. The van der Waals surface area contributed by atoms with Gasteiger partial charge in [0, 0.05) is 11.6 Å². The Morgan fingerprint density at radius 2 is 2.16 bits per heavy atom. The van der Waals surface area contributed by atoms with Crippen molar-refractivity contribution in [3.63, 3.8) is 0 Å². The Labute approximate surface area is 123 Å². The Bertz CT molecular complexity index is 741. The second-order valence-corrected chi connectivity index (χ2v) is 5.85. The molecule has 5 heteroatoms. The summed E-state index contributed by atoms with van der Waals surface area (Å²) < 4.78 is 6.22. The van der Waals surface area contributed by atoms with Crippen molar-refractivity contribution in [1.29, 1.82) is 0 Å². The Balaban J connectivity index is 2.32. The quantitative estimate of drug-likeness (QED) is 0.695. The number of hydrogen-bond donors (Lipinski definition) is 0. The van der Waals surface area contributed by atoms with Gasteiger partial charge in [0.05, 0.1) is 33.2 Å². The highest BCUT2D eigenvalue weighted by Crippen LogP contribution is 2.35. The molecule has 0 aliphatic rings. The predicted molar refractivity (Wildman–Crippen MR) is 81.8 cm³/mol. The van der Waals surface area contributed by atoms with E-state index in [4.69, 9.17) is 9.72 Å². The molecule has 0 fully saturated rings. The van der Waals surface area contributed by atoms with E-state index in [1.54, 1.807) is 18.4 Å². The molecule has 3 rings (SSSR count). The van der Waals surface area contributed by atoms with Crippen molar-refractivity contribution in [2.24, 2.45) is 0 Å². The third-order valence-corrected chi connectivity index (χ3v) is 4.56. The standard InChI is InChI=1S/C14H11BrN2OS/c1-8-5-10(12-6-16-7-19-12)17-14-9(8)3-4-11(18-2)13(14)15/h3-7H,1-2H3. The van der Waals surface area contributed by atoms with Gasteiger partial charge >= 0.3 is 0 Å². The zero-order chi connectivity index (χ0) is 13.4. The molecule has 3 aromatic rings. The monoisotopic (exact) mass is 334 g/mol. The second kappa shape index (κ2) is 4.90.